The van der Waals surface area contributed by atoms with Crippen molar-refractivity contribution in [2.24, 2.45) is 0 Å². The van der Waals surface area contributed by atoms with E-state index in [1.807, 2.05) is 6.07 Å². The van der Waals surface area contributed by atoms with Crippen molar-refractivity contribution >= 4 is 33.1 Å². The van der Waals surface area contributed by atoms with E-state index in [0.29, 0.717) is 5.69 Å². The van der Waals surface area contributed by atoms with E-state index in [4.69, 9.17) is 0 Å². The van der Waals surface area contributed by atoms with E-state index in [2.05, 4.69) is 19.9 Å². The molecule has 0 spiro atoms. The van der Waals surface area contributed by atoms with Crippen molar-refractivity contribution in [3.8, 4) is 0 Å². The van der Waals surface area contributed by atoms with E-state index in [0.717, 1.165) is 56.0 Å². The molecule has 1 saturated heterocycles. The SMILES string of the molecule is O=C(Nc1ccc(N2CCCC2)nc1)c1ccccc1NS(=O)(=O)c1ccc(F)cc1. The fraction of sp³-hybridized carbons (Fsp3) is 0.182. The van der Waals surface area contributed by atoms with Crippen molar-refractivity contribution in [1.29, 1.82) is 0 Å². The van der Waals surface area contributed by atoms with Crippen molar-refractivity contribution in [2.75, 3.05) is 28.0 Å². The Balaban J connectivity index is 1.51. The molecule has 0 bridgehead atoms. The molecular formula is C22H21FN4O3S. The highest BCUT2D eigenvalue weighted by atomic mass is 32.2. The molecule has 9 heteroatoms. The number of carbonyl (C=O) groups is 1. The quantitative estimate of drug-likeness (QED) is 0.607. The van der Waals surface area contributed by atoms with Crippen molar-refractivity contribution in [2.45, 2.75) is 17.7 Å². The molecule has 0 unspecified atom stereocenters. The number of rotatable bonds is 6. The molecule has 3 aromatic rings. The van der Waals surface area contributed by atoms with E-state index >= 15 is 0 Å². The Labute approximate surface area is 180 Å². The number of hydrogen-bond acceptors (Lipinski definition) is 5. The van der Waals surface area contributed by atoms with Gasteiger partial charge in [-0.3, -0.25) is 9.52 Å². The van der Waals surface area contributed by atoms with Crippen LogP contribution in [0.25, 0.3) is 0 Å². The van der Waals surface area contributed by atoms with Gasteiger partial charge in [0.05, 0.1) is 28.0 Å². The third-order valence-electron chi connectivity index (χ3n) is 4.98. The van der Waals surface area contributed by atoms with E-state index < -0.39 is 21.7 Å². The fourth-order valence-corrected chi connectivity index (χ4v) is 4.46. The van der Waals surface area contributed by atoms with Crippen molar-refractivity contribution in [3.05, 3.63) is 78.2 Å². The number of halogens is 1. The average Bonchev–Trinajstić information content (AvgIpc) is 3.29. The van der Waals surface area contributed by atoms with Crippen LogP contribution >= 0.6 is 0 Å². The average molecular weight is 441 g/mol. The third-order valence-corrected chi connectivity index (χ3v) is 6.36. The van der Waals surface area contributed by atoms with E-state index in [9.17, 15) is 17.6 Å². The highest BCUT2D eigenvalue weighted by Gasteiger charge is 2.19. The van der Waals surface area contributed by atoms with Gasteiger partial charge in [-0.25, -0.2) is 17.8 Å². The molecule has 160 valence electrons. The molecule has 0 atom stereocenters. The van der Waals surface area contributed by atoms with E-state index in [-0.39, 0.29) is 16.1 Å². The van der Waals surface area contributed by atoms with Crippen LogP contribution in [0.15, 0.2) is 71.8 Å². The van der Waals surface area contributed by atoms with Gasteiger partial charge in [-0.05, 0) is 61.4 Å². The summed E-state index contributed by atoms with van der Waals surface area (Å²) in [5, 5.41) is 2.75. The molecule has 1 aliphatic heterocycles. The number of pyridine rings is 1. The maximum absolute atomic E-state index is 13.1. The summed E-state index contributed by atoms with van der Waals surface area (Å²) in [6.07, 6.45) is 3.87. The lowest BCUT2D eigenvalue weighted by Gasteiger charge is -2.16. The first-order chi connectivity index (χ1) is 14.9. The van der Waals surface area contributed by atoms with E-state index in [1.54, 1.807) is 24.4 Å². The van der Waals surface area contributed by atoms with Crippen LogP contribution in [0.2, 0.25) is 0 Å². The minimum Gasteiger partial charge on any atom is -0.357 e. The second kappa shape index (κ2) is 8.73. The van der Waals surface area contributed by atoms with Crippen LogP contribution in [0.4, 0.5) is 21.6 Å². The zero-order valence-electron chi connectivity index (χ0n) is 16.6. The van der Waals surface area contributed by atoms with Gasteiger partial charge < -0.3 is 10.2 Å². The number of amides is 1. The summed E-state index contributed by atoms with van der Waals surface area (Å²) in [5.41, 5.74) is 0.770. The maximum Gasteiger partial charge on any atom is 0.261 e. The van der Waals surface area contributed by atoms with Gasteiger partial charge in [-0.2, -0.15) is 0 Å². The van der Waals surface area contributed by atoms with Crippen LogP contribution < -0.4 is 14.9 Å². The van der Waals surface area contributed by atoms with Crippen molar-refractivity contribution in [1.82, 2.24) is 4.98 Å². The molecule has 1 fully saturated rings. The topological polar surface area (TPSA) is 91.4 Å². The highest BCUT2D eigenvalue weighted by Crippen LogP contribution is 2.23. The predicted molar refractivity (Wildman–Crippen MR) is 117 cm³/mol. The van der Waals surface area contributed by atoms with Crippen LogP contribution in [0.3, 0.4) is 0 Å². The number of sulfonamides is 1. The van der Waals surface area contributed by atoms with Crippen LogP contribution in [0, 0.1) is 5.82 Å². The Hall–Kier alpha value is -3.46. The lowest BCUT2D eigenvalue weighted by Crippen LogP contribution is -2.20. The third kappa shape index (κ3) is 4.83. The molecule has 4 rings (SSSR count). The van der Waals surface area contributed by atoms with Gasteiger partial charge in [-0.15, -0.1) is 0 Å². The molecule has 0 aliphatic carbocycles. The first kappa shape index (κ1) is 20.8. The maximum atomic E-state index is 13.1. The number of nitrogens with one attached hydrogen (secondary N) is 2. The molecule has 0 radical (unpaired) electrons. The number of nitrogens with zero attached hydrogens (tertiary/aromatic N) is 2. The highest BCUT2D eigenvalue weighted by molar-refractivity contribution is 7.92. The molecule has 2 N–H and O–H groups in total. The van der Waals surface area contributed by atoms with Gasteiger partial charge in [0.25, 0.3) is 15.9 Å². The predicted octanol–water partition coefficient (Wildman–Crippen LogP) is 3.87. The number of carbonyl (C=O) groups excluding carboxylic acids is 1. The van der Waals surface area contributed by atoms with Crippen LogP contribution in [0.1, 0.15) is 23.2 Å². The number of benzene rings is 2. The van der Waals surface area contributed by atoms with Crippen LogP contribution in [-0.2, 0) is 10.0 Å². The fourth-order valence-electron chi connectivity index (χ4n) is 3.38. The molecule has 31 heavy (non-hydrogen) atoms. The second-order valence-electron chi connectivity index (χ2n) is 7.16. The lowest BCUT2D eigenvalue weighted by atomic mass is 10.1. The Morgan fingerprint density at radius 1 is 0.968 bits per heavy atom. The van der Waals surface area contributed by atoms with Crippen LogP contribution in [-0.4, -0.2) is 32.4 Å². The van der Waals surface area contributed by atoms with Crippen molar-refractivity contribution in [3.63, 3.8) is 0 Å². The first-order valence-corrected chi connectivity index (χ1v) is 11.3. The largest absolute Gasteiger partial charge is 0.357 e. The summed E-state index contributed by atoms with van der Waals surface area (Å²) < 4.78 is 40.8. The lowest BCUT2D eigenvalue weighted by molar-refractivity contribution is 0.102. The molecule has 1 amide bonds. The monoisotopic (exact) mass is 440 g/mol. The Morgan fingerprint density at radius 2 is 1.68 bits per heavy atom. The summed E-state index contributed by atoms with van der Waals surface area (Å²) in [4.78, 5) is 19.3. The first-order valence-electron chi connectivity index (χ1n) is 9.82. The molecule has 2 aromatic carbocycles. The smallest absolute Gasteiger partial charge is 0.261 e. The Bertz CT molecular complexity index is 1180. The van der Waals surface area contributed by atoms with Gasteiger partial charge in [0.1, 0.15) is 11.6 Å². The van der Waals surface area contributed by atoms with Crippen LogP contribution in [0.5, 0.6) is 0 Å². The number of aromatic nitrogens is 1. The Morgan fingerprint density at radius 3 is 2.35 bits per heavy atom. The minimum absolute atomic E-state index is 0.106. The summed E-state index contributed by atoms with van der Waals surface area (Å²) in [6, 6.07) is 14.3. The van der Waals surface area contributed by atoms with Gasteiger partial charge >= 0.3 is 0 Å². The summed E-state index contributed by atoms with van der Waals surface area (Å²) in [6.45, 7) is 1.94. The Kier molecular flexibility index (Phi) is 5.85. The summed E-state index contributed by atoms with van der Waals surface area (Å²) in [5.74, 6) is -0.154. The summed E-state index contributed by atoms with van der Waals surface area (Å²) >= 11 is 0. The van der Waals surface area contributed by atoms with Gasteiger partial charge in [0, 0.05) is 13.1 Å². The minimum atomic E-state index is -3.99. The molecule has 7 nitrogen and oxygen atoms in total. The molecule has 2 heterocycles. The standard InChI is InChI=1S/C22H21FN4O3S/c23-16-7-10-18(11-8-16)31(29,30)26-20-6-2-1-5-19(20)22(28)25-17-9-12-21(24-15-17)27-13-3-4-14-27/h1-2,5-12,15,26H,3-4,13-14H2,(H,25,28). The van der Waals surface area contributed by atoms with Crippen molar-refractivity contribution < 1.29 is 17.6 Å². The number of hydrogen-bond donors (Lipinski definition) is 2. The summed E-state index contributed by atoms with van der Waals surface area (Å²) in [7, 11) is -3.99. The molecule has 0 saturated carbocycles. The zero-order valence-corrected chi connectivity index (χ0v) is 17.4. The number of para-hydroxylation sites is 1. The van der Waals surface area contributed by atoms with Gasteiger partial charge in [-0.1, -0.05) is 12.1 Å². The molecule has 1 aromatic heterocycles. The zero-order chi connectivity index (χ0) is 21.8. The normalized spacial score (nSPS) is 13.8. The van der Waals surface area contributed by atoms with Gasteiger partial charge in [0.2, 0.25) is 0 Å². The molecule has 1 aliphatic rings. The molecular weight excluding hydrogens is 419 g/mol. The van der Waals surface area contributed by atoms with Gasteiger partial charge in [0.15, 0.2) is 0 Å². The second-order valence-corrected chi connectivity index (χ2v) is 8.84. The number of anilines is 3. The van der Waals surface area contributed by atoms with E-state index in [1.165, 1.54) is 12.1 Å².